The van der Waals surface area contributed by atoms with E-state index < -0.39 is 12.1 Å². The first-order valence-electron chi connectivity index (χ1n) is 15.2. The molecular formula is C34H41N5O6. The molecule has 0 bridgehead atoms. The maximum absolute atomic E-state index is 14.7. The fourth-order valence-corrected chi connectivity index (χ4v) is 6.00. The van der Waals surface area contributed by atoms with Crippen molar-refractivity contribution < 1.29 is 28.5 Å². The van der Waals surface area contributed by atoms with Gasteiger partial charge in [-0.15, -0.1) is 5.10 Å². The molecule has 1 aromatic heterocycles. The van der Waals surface area contributed by atoms with E-state index in [9.17, 15) is 9.59 Å². The number of fused-ring (bicyclic) bond motifs is 1. The lowest BCUT2D eigenvalue weighted by Gasteiger charge is -2.35. The summed E-state index contributed by atoms with van der Waals surface area (Å²) in [6.07, 6.45) is 5.02. The third kappa shape index (κ3) is 6.82. The number of hydrogen-bond donors (Lipinski definition) is 1. The van der Waals surface area contributed by atoms with Crippen LogP contribution in [0, 0.1) is 0 Å². The molecule has 0 radical (unpaired) electrons. The minimum atomic E-state index is -1.03. The van der Waals surface area contributed by atoms with E-state index in [-0.39, 0.29) is 24.4 Å². The molecule has 2 unspecified atom stereocenters. The van der Waals surface area contributed by atoms with E-state index in [4.69, 9.17) is 18.9 Å². The summed E-state index contributed by atoms with van der Waals surface area (Å²) in [5.41, 5.74) is 2.74. The van der Waals surface area contributed by atoms with Gasteiger partial charge in [0.15, 0.2) is 11.5 Å². The highest BCUT2D eigenvalue weighted by Gasteiger charge is 2.37. The maximum Gasteiger partial charge on any atom is 0.248 e. The Morgan fingerprint density at radius 2 is 1.58 bits per heavy atom. The Morgan fingerprint density at radius 1 is 0.911 bits per heavy atom. The van der Waals surface area contributed by atoms with E-state index in [2.05, 4.69) is 15.6 Å². The van der Waals surface area contributed by atoms with Crippen LogP contribution >= 0.6 is 0 Å². The number of carbonyl (C=O) groups excluding carboxylic acids is 2. The van der Waals surface area contributed by atoms with Gasteiger partial charge in [-0.2, -0.15) is 0 Å². The molecule has 1 aliphatic carbocycles. The first-order valence-corrected chi connectivity index (χ1v) is 15.2. The highest BCUT2D eigenvalue weighted by Crippen LogP contribution is 2.41. The molecule has 1 aliphatic rings. The first-order chi connectivity index (χ1) is 21.9. The van der Waals surface area contributed by atoms with Gasteiger partial charge in [-0.05, 0) is 67.3 Å². The molecule has 0 aliphatic heterocycles. The lowest BCUT2D eigenvalue weighted by Crippen LogP contribution is -2.48. The number of aromatic nitrogens is 3. The van der Waals surface area contributed by atoms with Crippen LogP contribution in [0.2, 0.25) is 0 Å². The molecule has 1 fully saturated rings. The van der Waals surface area contributed by atoms with E-state index in [0.717, 1.165) is 43.2 Å². The SMILES string of the molecule is COc1ccc(CN(C(=O)C(C)n2nnc3ccccc32)C(C(=O)NC2CCCCC2)c2cc(OC)c(OC)c(OC)c2)cc1. The van der Waals surface area contributed by atoms with Crippen LogP contribution in [0.3, 0.4) is 0 Å². The minimum Gasteiger partial charge on any atom is -0.497 e. The molecule has 2 amide bonds. The van der Waals surface area contributed by atoms with Crippen LogP contribution in [0.25, 0.3) is 11.0 Å². The van der Waals surface area contributed by atoms with Crippen LogP contribution in [-0.4, -0.2) is 66.2 Å². The average Bonchev–Trinajstić information content (AvgIpc) is 3.51. The Balaban J connectivity index is 1.64. The molecule has 11 heteroatoms. The fraction of sp³-hybridized carbons (Fsp3) is 0.412. The summed E-state index contributed by atoms with van der Waals surface area (Å²) in [4.78, 5) is 30.8. The molecule has 2 atom stereocenters. The number of nitrogens with one attached hydrogen (secondary N) is 1. The smallest absolute Gasteiger partial charge is 0.248 e. The van der Waals surface area contributed by atoms with E-state index in [0.29, 0.717) is 34.1 Å². The van der Waals surface area contributed by atoms with Crippen molar-refractivity contribution in [1.82, 2.24) is 25.2 Å². The Kier molecular flexibility index (Phi) is 10.1. The van der Waals surface area contributed by atoms with Gasteiger partial charge in [0.2, 0.25) is 17.6 Å². The largest absolute Gasteiger partial charge is 0.497 e. The number of para-hydroxylation sites is 1. The third-order valence-corrected chi connectivity index (χ3v) is 8.41. The van der Waals surface area contributed by atoms with Crippen molar-refractivity contribution >= 4 is 22.8 Å². The molecule has 4 aromatic rings. The van der Waals surface area contributed by atoms with Crippen molar-refractivity contribution in [3.05, 3.63) is 71.8 Å². The molecule has 0 spiro atoms. The zero-order chi connectivity index (χ0) is 31.9. The van der Waals surface area contributed by atoms with Crippen LogP contribution in [0.1, 0.15) is 62.2 Å². The van der Waals surface area contributed by atoms with Crippen molar-refractivity contribution in [1.29, 1.82) is 0 Å². The molecule has 11 nitrogen and oxygen atoms in total. The number of amides is 2. The summed E-state index contributed by atoms with van der Waals surface area (Å²) >= 11 is 0. The van der Waals surface area contributed by atoms with Crippen molar-refractivity contribution in [3.8, 4) is 23.0 Å². The molecule has 45 heavy (non-hydrogen) atoms. The molecule has 1 N–H and O–H groups in total. The number of rotatable bonds is 12. The lowest BCUT2D eigenvalue weighted by atomic mass is 9.94. The zero-order valence-corrected chi connectivity index (χ0v) is 26.5. The third-order valence-electron chi connectivity index (χ3n) is 8.41. The Morgan fingerprint density at radius 3 is 2.20 bits per heavy atom. The van der Waals surface area contributed by atoms with Crippen LogP contribution in [0.4, 0.5) is 0 Å². The van der Waals surface area contributed by atoms with Crippen LogP contribution < -0.4 is 24.3 Å². The molecule has 0 saturated heterocycles. The van der Waals surface area contributed by atoms with Crippen LogP contribution in [0.5, 0.6) is 23.0 Å². The number of hydrogen-bond acceptors (Lipinski definition) is 8. The molecule has 238 valence electrons. The second-order valence-electron chi connectivity index (χ2n) is 11.2. The topological polar surface area (TPSA) is 117 Å². The van der Waals surface area contributed by atoms with Gasteiger partial charge in [-0.25, -0.2) is 4.68 Å². The lowest BCUT2D eigenvalue weighted by molar-refractivity contribution is -0.144. The van der Waals surface area contributed by atoms with E-state index in [1.165, 1.54) is 21.3 Å². The second-order valence-corrected chi connectivity index (χ2v) is 11.2. The van der Waals surface area contributed by atoms with Crippen LogP contribution in [-0.2, 0) is 16.1 Å². The Hall–Kier alpha value is -4.80. The van der Waals surface area contributed by atoms with Crippen molar-refractivity contribution in [2.75, 3.05) is 28.4 Å². The van der Waals surface area contributed by atoms with Crippen molar-refractivity contribution in [3.63, 3.8) is 0 Å². The van der Waals surface area contributed by atoms with Gasteiger partial charge in [0.25, 0.3) is 0 Å². The van der Waals surface area contributed by atoms with Gasteiger partial charge in [0, 0.05) is 12.6 Å². The van der Waals surface area contributed by atoms with Gasteiger partial charge >= 0.3 is 0 Å². The number of methoxy groups -OCH3 is 4. The molecule has 1 saturated carbocycles. The summed E-state index contributed by atoms with van der Waals surface area (Å²) < 4.78 is 23.9. The standard InChI is InChI=1S/C34H41N5O6/c1-22(39-28-14-10-9-13-27(28)36-37-39)34(41)38(21-23-15-17-26(42-2)18-16-23)31(33(40)35-25-11-7-6-8-12-25)24-19-29(43-3)32(45-5)30(20-24)44-4/h9-10,13-20,22,25,31H,6-8,11-12,21H2,1-5H3,(H,35,40). The number of benzene rings is 3. The molecule has 1 heterocycles. The number of ether oxygens (including phenoxy) is 4. The molecular weight excluding hydrogens is 574 g/mol. The van der Waals surface area contributed by atoms with E-state index in [1.807, 2.05) is 48.5 Å². The fourth-order valence-electron chi connectivity index (χ4n) is 6.00. The zero-order valence-electron chi connectivity index (χ0n) is 26.5. The monoisotopic (exact) mass is 615 g/mol. The first kappa shape index (κ1) is 31.6. The highest BCUT2D eigenvalue weighted by atomic mass is 16.5. The quantitative estimate of drug-likeness (QED) is 0.230. The normalized spacial score (nSPS) is 14.8. The Bertz CT molecular complexity index is 1590. The maximum atomic E-state index is 14.7. The summed E-state index contributed by atoms with van der Waals surface area (Å²) in [5.74, 6) is 1.26. The number of carbonyl (C=O) groups is 2. The van der Waals surface area contributed by atoms with Crippen molar-refractivity contribution in [2.24, 2.45) is 0 Å². The van der Waals surface area contributed by atoms with E-state index in [1.54, 1.807) is 35.7 Å². The van der Waals surface area contributed by atoms with Crippen LogP contribution in [0.15, 0.2) is 60.7 Å². The Labute approximate surface area is 263 Å². The summed E-state index contributed by atoms with van der Waals surface area (Å²) in [6, 6.07) is 16.6. The highest BCUT2D eigenvalue weighted by molar-refractivity contribution is 5.91. The van der Waals surface area contributed by atoms with Gasteiger partial charge in [-0.3, -0.25) is 9.59 Å². The molecule has 3 aromatic carbocycles. The average molecular weight is 616 g/mol. The van der Waals surface area contributed by atoms with Gasteiger partial charge in [0.1, 0.15) is 23.3 Å². The van der Waals surface area contributed by atoms with Gasteiger partial charge < -0.3 is 29.2 Å². The van der Waals surface area contributed by atoms with E-state index >= 15 is 0 Å². The molecule has 5 rings (SSSR count). The van der Waals surface area contributed by atoms with Crippen molar-refractivity contribution in [2.45, 2.75) is 63.7 Å². The predicted molar refractivity (Wildman–Crippen MR) is 170 cm³/mol. The van der Waals surface area contributed by atoms with Gasteiger partial charge in [0.05, 0.1) is 34.0 Å². The second kappa shape index (κ2) is 14.3. The number of nitrogens with zero attached hydrogens (tertiary/aromatic N) is 4. The summed E-state index contributed by atoms with van der Waals surface area (Å²) in [5, 5.41) is 11.9. The minimum absolute atomic E-state index is 0.0189. The van der Waals surface area contributed by atoms with Gasteiger partial charge in [-0.1, -0.05) is 48.7 Å². The predicted octanol–water partition coefficient (Wildman–Crippen LogP) is 5.25. The summed E-state index contributed by atoms with van der Waals surface area (Å²) in [7, 11) is 6.18. The summed E-state index contributed by atoms with van der Waals surface area (Å²) in [6.45, 7) is 1.91.